The van der Waals surface area contributed by atoms with Crippen molar-refractivity contribution in [3.05, 3.63) is 29.3 Å². The largest absolute Gasteiger partial charge is 0.508 e. The molecule has 0 amide bonds. The van der Waals surface area contributed by atoms with Gasteiger partial charge in [0, 0.05) is 18.7 Å². The van der Waals surface area contributed by atoms with Crippen LogP contribution in [0.1, 0.15) is 24.5 Å². The van der Waals surface area contributed by atoms with E-state index in [0.717, 1.165) is 31.1 Å². The number of hydrogen-bond donors (Lipinski definition) is 2. The molecule has 1 aliphatic rings. The second-order valence-corrected chi connectivity index (χ2v) is 5.31. The van der Waals surface area contributed by atoms with Gasteiger partial charge in [0.25, 0.3) is 0 Å². The summed E-state index contributed by atoms with van der Waals surface area (Å²) in [4.78, 5) is 2.50. The van der Waals surface area contributed by atoms with Crippen molar-refractivity contribution in [1.82, 2.24) is 10.2 Å². The molecule has 100 valence electrons. The molecule has 0 saturated carbocycles. The van der Waals surface area contributed by atoms with Crippen LogP contribution in [0.5, 0.6) is 5.75 Å². The lowest BCUT2D eigenvalue weighted by atomic mass is 10.1. The van der Waals surface area contributed by atoms with Crippen molar-refractivity contribution < 1.29 is 5.11 Å². The Morgan fingerprint density at radius 3 is 3.00 bits per heavy atom. The molecule has 0 aromatic heterocycles. The summed E-state index contributed by atoms with van der Waals surface area (Å²) in [6, 6.07) is 5.77. The van der Waals surface area contributed by atoms with Gasteiger partial charge in [-0.2, -0.15) is 0 Å². The first kappa shape index (κ1) is 13.4. The van der Waals surface area contributed by atoms with E-state index in [0.29, 0.717) is 5.75 Å². The third kappa shape index (κ3) is 3.47. The molecule has 3 nitrogen and oxygen atoms in total. The normalized spacial score (nSPS) is 20.4. The Kier molecular flexibility index (Phi) is 4.61. The van der Waals surface area contributed by atoms with E-state index in [-0.39, 0.29) is 0 Å². The highest BCUT2D eigenvalue weighted by Gasteiger charge is 2.20. The van der Waals surface area contributed by atoms with Crippen LogP contribution in [0.15, 0.2) is 18.2 Å². The molecule has 1 unspecified atom stereocenters. The van der Waals surface area contributed by atoms with Crippen molar-refractivity contribution in [2.75, 3.05) is 26.2 Å². The highest BCUT2D eigenvalue weighted by molar-refractivity contribution is 5.35. The lowest BCUT2D eigenvalue weighted by Crippen LogP contribution is -2.26. The van der Waals surface area contributed by atoms with Gasteiger partial charge in [0.15, 0.2) is 0 Å². The standard InChI is InChI=1S/C15H24N2O/c1-3-17-7-6-13(11-17)9-16-10-14-8-12(2)4-5-15(14)18/h4-5,8,13,16,18H,3,6-7,9-11H2,1-2H3. The van der Waals surface area contributed by atoms with E-state index in [1.807, 2.05) is 6.07 Å². The second-order valence-electron chi connectivity index (χ2n) is 5.31. The number of hydrogen-bond acceptors (Lipinski definition) is 3. The van der Waals surface area contributed by atoms with Crippen LogP contribution in [0, 0.1) is 12.8 Å². The molecule has 1 aromatic rings. The minimum atomic E-state index is 0.398. The van der Waals surface area contributed by atoms with Gasteiger partial charge in [-0.05, 0) is 45.0 Å². The van der Waals surface area contributed by atoms with Gasteiger partial charge in [-0.15, -0.1) is 0 Å². The van der Waals surface area contributed by atoms with Gasteiger partial charge < -0.3 is 15.3 Å². The van der Waals surface area contributed by atoms with Gasteiger partial charge in [-0.25, -0.2) is 0 Å². The van der Waals surface area contributed by atoms with Crippen molar-refractivity contribution in [1.29, 1.82) is 0 Å². The molecule has 3 heteroatoms. The monoisotopic (exact) mass is 248 g/mol. The zero-order chi connectivity index (χ0) is 13.0. The average molecular weight is 248 g/mol. The number of benzene rings is 1. The number of likely N-dealkylation sites (tertiary alicyclic amines) is 1. The highest BCUT2D eigenvalue weighted by Crippen LogP contribution is 2.19. The Hall–Kier alpha value is -1.06. The molecule has 2 N–H and O–H groups in total. The third-order valence-corrected chi connectivity index (χ3v) is 3.80. The lowest BCUT2D eigenvalue weighted by molar-refractivity contribution is 0.338. The summed E-state index contributed by atoms with van der Waals surface area (Å²) < 4.78 is 0. The highest BCUT2D eigenvalue weighted by atomic mass is 16.3. The van der Waals surface area contributed by atoms with E-state index in [4.69, 9.17) is 0 Å². The molecule has 1 saturated heterocycles. The summed E-state index contributed by atoms with van der Waals surface area (Å²) in [6.07, 6.45) is 1.29. The van der Waals surface area contributed by atoms with Crippen LogP contribution in [-0.4, -0.2) is 36.2 Å². The molecule has 0 bridgehead atoms. The average Bonchev–Trinajstić information content (AvgIpc) is 2.81. The van der Waals surface area contributed by atoms with Crippen LogP contribution in [0.2, 0.25) is 0 Å². The topological polar surface area (TPSA) is 35.5 Å². The SMILES string of the molecule is CCN1CCC(CNCc2cc(C)ccc2O)C1. The van der Waals surface area contributed by atoms with Crippen molar-refractivity contribution in [2.24, 2.45) is 5.92 Å². The molecule has 18 heavy (non-hydrogen) atoms. The first-order valence-corrected chi connectivity index (χ1v) is 6.90. The number of phenolic OH excluding ortho intramolecular Hbond substituents is 1. The maximum absolute atomic E-state index is 9.76. The maximum Gasteiger partial charge on any atom is 0.120 e. The number of nitrogens with zero attached hydrogens (tertiary/aromatic N) is 1. The van der Waals surface area contributed by atoms with Crippen molar-refractivity contribution in [2.45, 2.75) is 26.8 Å². The molecule has 0 aliphatic carbocycles. The fourth-order valence-electron chi connectivity index (χ4n) is 2.63. The third-order valence-electron chi connectivity index (χ3n) is 3.80. The van der Waals surface area contributed by atoms with Gasteiger partial charge in [0.05, 0.1) is 0 Å². The number of aryl methyl sites for hydroxylation is 1. The smallest absolute Gasteiger partial charge is 0.120 e. The first-order valence-electron chi connectivity index (χ1n) is 6.90. The summed E-state index contributed by atoms with van der Waals surface area (Å²) in [7, 11) is 0. The fraction of sp³-hybridized carbons (Fsp3) is 0.600. The predicted molar refractivity (Wildman–Crippen MR) is 74.8 cm³/mol. The minimum absolute atomic E-state index is 0.398. The predicted octanol–water partition coefficient (Wildman–Crippen LogP) is 2.13. The van der Waals surface area contributed by atoms with Crippen LogP contribution in [0.4, 0.5) is 0 Å². The van der Waals surface area contributed by atoms with E-state index in [1.165, 1.54) is 25.1 Å². The molecule has 1 atom stereocenters. The zero-order valence-corrected chi connectivity index (χ0v) is 11.4. The molecule has 1 aromatic carbocycles. The van der Waals surface area contributed by atoms with Crippen LogP contribution in [0.25, 0.3) is 0 Å². The minimum Gasteiger partial charge on any atom is -0.508 e. The van der Waals surface area contributed by atoms with Crippen molar-refractivity contribution in [3.63, 3.8) is 0 Å². The van der Waals surface area contributed by atoms with Crippen molar-refractivity contribution >= 4 is 0 Å². The van der Waals surface area contributed by atoms with Crippen LogP contribution < -0.4 is 5.32 Å². The van der Waals surface area contributed by atoms with Gasteiger partial charge >= 0.3 is 0 Å². The molecule has 1 heterocycles. The molecule has 1 aliphatic heterocycles. The fourth-order valence-corrected chi connectivity index (χ4v) is 2.63. The Bertz CT molecular complexity index is 392. The number of phenols is 1. The quantitative estimate of drug-likeness (QED) is 0.838. The van der Waals surface area contributed by atoms with E-state index in [1.54, 1.807) is 6.07 Å². The number of aromatic hydroxyl groups is 1. The summed E-state index contributed by atoms with van der Waals surface area (Å²) in [6.45, 7) is 9.69. The van der Waals surface area contributed by atoms with Gasteiger partial charge in [-0.1, -0.05) is 24.6 Å². The van der Waals surface area contributed by atoms with Gasteiger partial charge in [0.2, 0.25) is 0 Å². The van der Waals surface area contributed by atoms with E-state index >= 15 is 0 Å². The van der Waals surface area contributed by atoms with Crippen LogP contribution in [-0.2, 0) is 6.54 Å². The van der Waals surface area contributed by atoms with Crippen molar-refractivity contribution in [3.8, 4) is 5.75 Å². The van der Waals surface area contributed by atoms with Gasteiger partial charge in [0.1, 0.15) is 5.75 Å². The summed E-state index contributed by atoms with van der Waals surface area (Å²) in [5.74, 6) is 1.16. The molecule has 2 rings (SSSR count). The molecule has 0 spiro atoms. The second kappa shape index (κ2) is 6.21. The van der Waals surface area contributed by atoms with Crippen LogP contribution in [0.3, 0.4) is 0 Å². The molecule has 1 fully saturated rings. The Morgan fingerprint density at radius 2 is 2.28 bits per heavy atom. The Balaban J connectivity index is 1.77. The summed E-state index contributed by atoms with van der Waals surface area (Å²) >= 11 is 0. The zero-order valence-electron chi connectivity index (χ0n) is 11.4. The molecular formula is C15H24N2O. The number of nitrogens with one attached hydrogen (secondary N) is 1. The van der Waals surface area contributed by atoms with E-state index < -0.39 is 0 Å². The van der Waals surface area contributed by atoms with Gasteiger partial charge in [-0.3, -0.25) is 0 Å². The summed E-state index contributed by atoms with van der Waals surface area (Å²) in [5, 5.41) is 13.2. The Labute approximate surface area is 110 Å². The lowest BCUT2D eigenvalue weighted by Gasteiger charge is -2.14. The first-order chi connectivity index (χ1) is 8.69. The molecule has 0 radical (unpaired) electrons. The van der Waals surface area contributed by atoms with E-state index in [9.17, 15) is 5.11 Å². The molecular weight excluding hydrogens is 224 g/mol. The Morgan fingerprint density at radius 1 is 1.44 bits per heavy atom. The van der Waals surface area contributed by atoms with Crippen LogP contribution >= 0.6 is 0 Å². The van der Waals surface area contributed by atoms with E-state index in [2.05, 4.69) is 30.1 Å². The number of rotatable bonds is 5. The maximum atomic E-state index is 9.76. The summed E-state index contributed by atoms with van der Waals surface area (Å²) in [5.41, 5.74) is 2.20.